The third-order valence-corrected chi connectivity index (χ3v) is 1.43. The van der Waals surface area contributed by atoms with Gasteiger partial charge >= 0.3 is 5.97 Å². The Hall–Kier alpha value is -0.830. The van der Waals surface area contributed by atoms with Crippen LogP contribution in [0.5, 0.6) is 0 Å². The van der Waals surface area contributed by atoms with Crippen molar-refractivity contribution in [2.24, 2.45) is 0 Å². The van der Waals surface area contributed by atoms with Gasteiger partial charge in [-0.05, 0) is 20.3 Å². The van der Waals surface area contributed by atoms with Crippen molar-refractivity contribution >= 4 is 5.97 Å². The lowest BCUT2D eigenvalue weighted by Gasteiger charge is -2.09. The van der Waals surface area contributed by atoms with Crippen LogP contribution in [0.25, 0.3) is 0 Å². The molecule has 0 saturated heterocycles. The fraction of sp³-hybridized carbons (Fsp3) is 0.667. The first-order chi connectivity index (χ1) is 5.57. The summed E-state index contributed by atoms with van der Waals surface area (Å²) < 4.78 is 9.65. The molecule has 0 aromatic heterocycles. The fourth-order valence-corrected chi connectivity index (χ4v) is 0.644. The molecule has 0 spiro atoms. The van der Waals surface area contributed by atoms with Crippen LogP contribution >= 0.6 is 0 Å². The highest BCUT2D eigenvalue weighted by Gasteiger charge is 2.12. The minimum absolute atomic E-state index is 0.336. The largest absolute Gasteiger partial charge is 0.467 e. The predicted molar refractivity (Wildman–Crippen MR) is 46.9 cm³/mol. The van der Waals surface area contributed by atoms with Crippen LogP contribution in [0, 0.1) is 0 Å². The number of rotatable bonds is 5. The molecule has 12 heavy (non-hydrogen) atoms. The van der Waals surface area contributed by atoms with E-state index >= 15 is 0 Å². The van der Waals surface area contributed by atoms with Gasteiger partial charge in [0.1, 0.15) is 0 Å². The van der Waals surface area contributed by atoms with E-state index in [1.165, 1.54) is 7.11 Å². The molecule has 0 amide bonds. The van der Waals surface area contributed by atoms with Crippen LogP contribution in [0.1, 0.15) is 20.3 Å². The molecule has 0 aromatic carbocycles. The van der Waals surface area contributed by atoms with Gasteiger partial charge in [-0.3, -0.25) is 0 Å². The SMILES string of the molecule is C=C(C)CCO[C@H](C)C(=O)OC. The lowest BCUT2D eigenvalue weighted by atomic mass is 10.2. The first-order valence-corrected chi connectivity index (χ1v) is 3.91. The summed E-state index contributed by atoms with van der Waals surface area (Å²) in [5.41, 5.74) is 1.05. The third kappa shape index (κ3) is 4.91. The molecule has 0 fully saturated rings. The van der Waals surface area contributed by atoms with E-state index in [0.717, 1.165) is 12.0 Å². The fourth-order valence-electron chi connectivity index (χ4n) is 0.644. The van der Waals surface area contributed by atoms with Gasteiger partial charge in [-0.1, -0.05) is 5.57 Å². The van der Waals surface area contributed by atoms with Crippen molar-refractivity contribution in [2.45, 2.75) is 26.4 Å². The molecule has 3 nitrogen and oxygen atoms in total. The number of ether oxygens (including phenoxy) is 2. The minimum Gasteiger partial charge on any atom is -0.467 e. The monoisotopic (exact) mass is 172 g/mol. The lowest BCUT2D eigenvalue weighted by molar-refractivity contribution is -0.152. The van der Waals surface area contributed by atoms with Crippen LogP contribution in [0.4, 0.5) is 0 Å². The van der Waals surface area contributed by atoms with Gasteiger partial charge in [0, 0.05) is 0 Å². The highest BCUT2D eigenvalue weighted by Crippen LogP contribution is 1.99. The van der Waals surface area contributed by atoms with E-state index in [0.29, 0.717) is 6.61 Å². The Morgan fingerprint density at radius 3 is 2.58 bits per heavy atom. The van der Waals surface area contributed by atoms with Crippen molar-refractivity contribution in [3.8, 4) is 0 Å². The van der Waals surface area contributed by atoms with Gasteiger partial charge in [0.25, 0.3) is 0 Å². The van der Waals surface area contributed by atoms with Gasteiger partial charge in [-0.15, -0.1) is 6.58 Å². The van der Waals surface area contributed by atoms with Crippen molar-refractivity contribution in [1.82, 2.24) is 0 Å². The van der Waals surface area contributed by atoms with E-state index in [1.54, 1.807) is 6.92 Å². The normalized spacial score (nSPS) is 12.2. The van der Waals surface area contributed by atoms with Gasteiger partial charge < -0.3 is 9.47 Å². The molecule has 0 heterocycles. The Kier molecular flexibility index (Phi) is 5.37. The molecular weight excluding hydrogens is 156 g/mol. The second kappa shape index (κ2) is 5.77. The summed E-state index contributed by atoms with van der Waals surface area (Å²) in [4.78, 5) is 10.8. The molecule has 0 N–H and O–H groups in total. The Balaban J connectivity index is 3.50. The zero-order chi connectivity index (χ0) is 9.56. The van der Waals surface area contributed by atoms with Crippen LogP contribution in [0.2, 0.25) is 0 Å². The molecular formula is C9H16O3. The van der Waals surface area contributed by atoms with Gasteiger partial charge in [0.2, 0.25) is 0 Å². The molecule has 0 aliphatic carbocycles. The molecule has 0 aliphatic rings. The summed E-state index contributed by atoms with van der Waals surface area (Å²) in [6.45, 7) is 7.83. The van der Waals surface area contributed by atoms with Gasteiger partial charge in [0.05, 0.1) is 13.7 Å². The topological polar surface area (TPSA) is 35.5 Å². The molecule has 1 atom stereocenters. The van der Waals surface area contributed by atoms with E-state index in [4.69, 9.17) is 4.74 Å². The number of carbonyl (C=O) groups is 1. The maximum absolute atomic E-state index is 10.8. The Bertz CT molecular complexity index is 163. The molecule has 0 aromatic rings. The van der Waals surface area contributed by atoms with E-state index in [9.17, 15) is 4.79 Å². The Morgan fingerprint density at radius 2 is 2.17 bits per heavy atom. The summed E-state index contributed by atoms with van der Waals surface area (Å²) in [6.07, 6.45) is 0.302. The summed E-state index contributed by atoms with van der Waals surface area (Å²) in [6, 6.07) is 0. The van der Waals surface area contributed by atoms with Crippen molar-refractivity contribution in [1.29, 1.82) is 0 Å². The van der Waals surface area contributed by atoms with Crippen LogP contribution in [0.15, 0.2) is 12.2 Å². The zero-order valence-corrected chi connectivity index (χ0v) is 7.92. The number of esters is 1. The van der Waals surface area contributed by atoms with E-state index < -0.39 is 6.10 Å². The van der Waals surface area contributed by atoms with Gasteiger partial charge in [-0.2, -0.15) is 0 Å². The molecule has 0 radical (unpaired) electrons. The second-order valence-corrected chi connectivity index (χ2v) is 2.74. The average molecular weight is 172 g/mol. The highest BCUT2D eigenvalue weighted by molar-refractivity contribution is 5.73. The quantitative estimate of drug-likeness (QED) is 0.466. The summed E-state index contributed by atoms with van der Waals surface area (Å²) in [7, 11) is 1.35. The number of hydrogen-bond acceptors (Lipinski definition) is 3. The summed E-state index contributed by atoms with van der Waals surface area (Å²) >= 11 is 0. The number of carbonyl (C=O) groups excluding carboxylic acids is 1. The first kappa shape index (κ1) is 11.2. The zero-order valence-electron chi connectivity index (χ0n) is 7.92. The van der Waals surface area contributed by atoms with Crippen LogP contribution in [0.3, 0.4) is 0 Å². The minimum atomic E-state index is -0.477. The molecule has 0 aliphatic heterocycles. The van der Waals surface area contributed by atoms with E-state index in [1.807, 2.05) is 6.92 Å². The third-order valence-electron chi connectivity index (χ3n) is 1.43. The van der Waals surface area contributed by atoms with Gasteiger partial charge in [0.15, 0.2) is 6.10 Å². The molecule has 0 unspecified atom stereocenters. The standard InChI is InChI=1S/C9H16O3/c1-7(2)5-6-12-8(3)9(10)11-4/h8H,1,5-6H2,2-4H3/t8-/m1/s1. The molecule has 3 heteroatoms. The summed E-state index contributed by atoms with van der Waals surface area (Å²) in [5, 5.41) is 0. The van der Waals surface area contributed by atoms with Gasteiger partial charge in [-0.25, -0.2) is 4.79 Å². The van der Waals surface area contributed by atoms with Crippen molar-refractivity contribution in [3.63, 3.8) is 0 Å². The second-order valence-electron chi connectivity index (χ2n) is 2.74. The maximum Gasteiger partial charge on any atom is 0.334 e. The molecule has 0 rings (SSSR count). The van der Waals surface area contributed by atoms with Crippen molar-refractivity contribution in [2.75, 3.05) is 13.7 Å². The lowest BCUT2D eigenvalue weighted by Crippen LogP contribution is -2.22. The molecule has 0 saturated carbocycles. The highest BCUT2D eigenvalue weighted by atomic mass is 16.6. The molecule has 70 valence electrons. The van der Waals surface area contributed by atoms with E-state index in [-0.39, 0.29) is 5.97 Å². The average Bonchev–Trinajstić information content (AvgIpc) is 2.02. The predicted octanol–water partition coefficient (Wildman–Crippen LogP) is 1.53. The number of hydrogen-bond donors (Lipinski definition) is 0. The van der Waals surface area contributed by atoms with Crippen LogP contribution < -0.4 is 0 Å². The first-order valence-electron chi connectivity index (χ1n) is 3.91. The maximum atomic E-state index is 10.8. The molecule has 0 bridgehead atoms. The van der Waals surface area contributed by atoms with Crippen LogP contribution in [-0.4, -0.2) is 25.8 Å². The van der Waals surface area contributed by atoms with E-state index in [2.05, 4.69) is 11.3 Å². The number of methoxy groups -OCH3 is 1. The Morgan fingerprint density at radius 1 is 1.58 bits per heavy atom. The Labute approximate surface area is 73.4 Å². The van der Waals surface area contributed by atoms with Crippen LogP contribution in [-0.2, 0) is 14.3 Å². The van der Waals surface area contributed by atoms with Crippen molar-refractivity contribution < 1.29 is 14.3 Å². The van der Waals surface area contributed by atoms with Crippen molar-refractivity contribution in [3.05, 3.63) is 12.2 Å². The smallest absolute Gasteiger partial charge is 0.334 e. The summed E-state index contributed by atoms with van der Waals surface area (Å²) in [5.74, 6) is -0.336.